The van der Waals surface area contributed by atoms with E-state index in [2.05, 4.69) is 5.32 Å². The average Bonchev–Trinajstić information content (AvgIpc) is 2.88. The third-order valence-corrected chi connectivity index (χ3v) is 7.37. The number of likely N-dealkylation sites (N-methyl/N-ethyl adjacent to an activating group) is 1. The van der Waals surface area contributed by atoms with Crippen LogP contribution in [0.4, 0.5) is 4.39 Å². The molecular formula is C18H25FN2O3S. The van der Waals surface area contributed by atoms with Gasteiger partial charge in [-0.15, -0.1) is 0 Å². The summed E-state index contributed by atoms with van der Waals surface area (Å²) in [6, 6.07) is 6.45. The van der Waals surface area contributed by atoms with Crippen LogP contribution in [-0.2, 0) is 20.0 Å². The minimum absolute atomic E-state index is 0.0782. The normalized spacial score (nSPS) is 24.0. The van der Waals surface area contributed by atoms with E-state index in [0.717, 1.165) is 24.8 Å². The number of rotatable bonds is 6. The van der Waals surface area contributed by atoms with E-state index in [1.54, 1.807) is 19.2 Å². The molecular weight excluding hydrogens is 343 g/mol. The molecule has 1 amide bonds. The van der Waals surface area contributed by atoms with E-state index in [1.165, 1.54) is 12.1 Å². The summed E-state index contributed by atoms with van der Waals surface area (Å²) in [5, 5.41) is 2.99. The Bertz CT molecular complexity index is 729. The van der Waals surface area contributed by atoms with Crippen LogP contribution in [0.1, 0.15) is 31.2 Å². The fourth-order valence-corrected chi connectivity index (χ4v) is 5.58. The molecule has 0 bridgehead atoms. The van der Waals surface area contributed by atoms with Crippen molar-refractivity contribution >= 4 is 15.7 Å². The molecule has 25 heavy (non-hydrogen) atoms. The van der Waals surface area contributed by atoms with Crippen molar-refractivity contribution in [2.24, 2.45) is 0 Å². The molecule has 138 valence electrons. The molecule has 0 unspecified atom stereocenters. The van der Waals surface area contributed by atoms with Crippen LogP contribution in [0.3, 0.4) is 0 Å². The van der Waals surface area contributed by atoms with Crippen molar-refractivity contribution in [1.29, 1.82) is 0 Å². The molecule has 1 aliphatic carbocycles. The van der Waals surface area contributed by atoms with Crippen molar-refractivity contribution < 1.29 is 17.6 Å². The number of sulfone groups is 1. The van der Waals surface area contributed by atoms with Gasteiger partial charge in [0.2, 0.25) is 5.91 Å². The molecule has 1 saturated carbocycles. The molecule has 0 spiro atoms. The summed E-state index contributed by atoms with van der Waals surface area (Å²) in [6.07, 6.45) is 3.66. The minimum atomic E-state index is -2.95. The Kier molecular flexibility index (Phi) is 5.16. The molecule has 1 aromatic rings. The summed E-state index contributed by atoms with van der Waals surface area (Å²) in [5.41, 5.74) is 0.967. The predicted molar refractivity (Wildman–Crippen MR) is 94.6 cm³/mol. The Morgan fingerprint density at radius 1 is 1.32 bits per heavy atom. The number of hydrogen-bond donors (Lipinski definition) is 1. The largest absolute Gasteiger partial charge is 0.354 e. The predicted octanol–water partition coefficient (Wildman–Crippen LogP) is 1.48. The second-order valence-corrected chi connectivity index (χ2v) is 9.62. The van der Waals surface area contributed by atoms with Crippen LogP contribution in [-0.4, -0.2) is 56.9 Å². The number of nitrogens with zero attached hydrogens (tertiary/aromatic N) is 1. The zero-order valence-corrected chi connectivity index (χ0v) is 15.3. The van der Waals surface area contributed by atoms with Crippen molar-refractivity contribution in [3.05, 3.63) is 35.6 Å². The van der Waals surface area contributed by atoms with Crippen LogP contribution in [0.2, 0.25) is 0 Å². The van der Waals surface area contributed by atoms with Gasteiger partial charge >= 0.3 is 0 Å². The fourth-order valence-electron chi connectivity index (χ4n) is 3.78. The highest BCUT2D eigenvalue weighted by atomic mass is 32.2. The molecule has 1 atom stereocenters. The quantitative estimate of drug-likeness (QED) is 0.826. The van der Waals surface area contributed by atoms with Gasteiger partial charge in [-0.3, -0.25) is 9.69 Å². The highest BCUT2D eigenvalue weighted by Crippen LogP contribution is 2.43. The second-order valence-electron chi connectivity index (χ2n) is 7.39. The van der Waals surface area contributed by atoms with Crippen molar-refractivity contribution in [2.75, 3.05) is 31.6 Å². The smallest absolute Gasteiger partial charge is 0.234 e. The maximum Gasteiger partial charge on any atom is 0.234 e. The van der Waals surface area contributed by atoms with E-state index in [4.69, 9.17) is 0 Å². The number of nitrogens with one attached hydrogen (secondary N) is 1. The SMILES string of the molecule is CN(CC(=O)NCC1(c2ccc(F)cc2)CCC1)[C@H]1CCS(=O)(=O)C1. The Hall–Kier alpha value is -1.47. The fraction of sp³-hybridized carbons (Fsp3) is 0.611. The van der Waals surface area contributed by atoms with E-state index >= 15 is 0 Å². The van der Waals surface area contributed by atoms with Gasteiger partial charge in [-0.2, -0.15) is 0 Å². The number of carbonyl (C=O) groups excluding carboxylic acids is 1. The van der Waals surface area contributed by atoms with E-state index in [1.807, 2.05) is 4.90 Å². The van der Waals surface area contributed by atoms with E-state index < -0.39 is 9.84 Å². The maximum absolute atomic E-state index is 13.1. The molecule has 5 nitrogen and oxygen atoms in total. The molecule has 2 fully saturated rings. The van der Waals surface area contributed by atoms with Gasteiger partial charge in [-0.1, -0.05) is 18.6 Å². The molecule has 1 heterocycles. The van der Waals surface area contributed by atoms with E-state index in [-0.39, 0.29) is 41.2 Å². The van der Waals surface area contributed by atoms with Gasteiger partial charge in [-0.25, -0.2) is 12.8 Å². The van der Waals surface area contributed by atoms with E-state index in [9.17, 15) is 17.6 Å². The number of hydrogen-bond acceptors (Lipinski definition) is 4. The van der Waals surface area contributed by atoms with Crippen LogP contribution in [0.5, 0.6) is 0 Å². The molecule has 3 rings (SSSR count). The van der Waals surface area contributed by atoms with Gasteiger partial charge in [0.05, 0.1) is 18.1 Å². The number of halogens is 1. The summed E-state index contributed by atoms with van der Waals surface area (Å²) in [6.45, 7) is 0.730. The lowest BCUT2D eigenvalue weighted by Crippen LogP contribution is -2.48. The molecule has 1 aliphatic heterocycles. The first kappa shape index (κ1) is 18.3. The lowest BCUT2D eigenvalue weighted by Gasteiger charge is -2.42. The average molecular weight is 368 g/mol. The van der Waals surface area contributed by atoms with Crippen LogP contribution < -0.4 is 5.32 Å². The van der Waals surface area contributed by atoms with Crippen molar-refractivity contribution in [1.82, 2.24) is 10.2 Å². The van der Waals surface area contributed by atoms with Gasteiger partial charge in [-0.05, 0) is 44.0 Å². The van der Waals surface area contributed by atoms with Crippen LogP contribution in [0, 0.1) is 5.82 Å². The van der Waals surface area contributed by atoms with Crippen molar-refractivity contribution in [3.8, 4) is 0 Å². The van der Waals surface area contributed by atoms with E-state index in [0.29, 0.717) is 13.0 Å². The van der Waals surface area contributed by atoms with Gasteiger partial charge in [0.15, 0.2) is 9.84 Å². The highest BCUT2D eigenvalue weighted by Gasteiger charge is 2.39. The summed E-state index contributed by atoms with van der Waals surface area (Å²) in [5.74, 6) is -0.0104. The highest BCUT2D eigenvalue weighted by molar-refractivity contribution is 7.91. The number of amides is 1. The van der Waals surface area contributed by atoms with Gasteiger partial charge in [0.1, 0.15) is 5.82 Å². The van der Waals surface area contributed by atoms with Crippen molar-refractivity contribution in [3.63, 3.8) is 0 Å². The topological polar surface area (TPSA) is 66.5 Å². The Balaban J connectivity index is 1.53. The van der Waals surface area contributed by atoms with Gasteiger partial charge < -0.3 is 5.32 Å². The molecule has 2 aliphatic rings. The monoisotopic (exact) mass is 368 g/mol. The molecule has 1 saturated heterocycles. The Labute approximate surface area is 148 Å². The van der Waals surface area contributed by atoms with Crippen molar-refractivity contribution in [2.45, 2.75) is 37.1 Å². The van der Waals surface area contributed by atoms with Crippen LogP contribution in [0.25, 0.3) is 0 Å². The van der Waals surface area contributed by atoms with Gasteiger partial charge in [0, 0.05) is 18.0 Å². The minimum Gasteiger partial charge on any atom is -0.354 e. The van der Waals surface area contributed by atoms with Crippen LogP contribution >= 0.6 is 0 Å². The molecule has 0 aromatic heterocycles. The maximum atomic E-state index is 13.1. The Morgan fingerprint density at radius 2 is 2.00 bits per heavy atom. The third-order valence-electron chi connectivity index (χ3n) is 5.62. The zero-order chi connectivity index (χ0) is 18.1. The molecule has 1 aromatic carbocycles. The second kappa shape index (κ2) is 7.03. The lowest BCUT2D eigenvalue weighted by atomic mass is 9.64. The standard InChI is InChI=1S/C18H25FN2O3S/c1-21(16-7-10-25(23,24)12-16)11-17(22)20-13-18(8-2-9-18)14-3-5-15(19)6-4-14/h3-6,16H,2,7-13H2,1H3,(H,20,22)/t16-/m0/s1. The summed E-state index contributed by atoms with van der Waals surface area (Å²) < 4.78 is 36.3. The summed E-state index contributed by atoms with van der Waals surface area (Å²) >= 11 is 0. The lowest BCUT2D eigenvalue weighted by molar-refractivity contribution is -0.122. The Morgan fingerprint density at radius 3 is 2.52 bits per heavy atom. The van der Waals surface area contributed by atoms with Crippen LogP contribution in [0.15, 0.2) is 24.3 Å². The molecule has 0 radical (unpaired) electrons. The zero-order valence-electron chi connectivity index (χ0n) is 14.5. The molecule has 7 heteroatoms. The first-order chi connectivity index (χ1) is 11.8. The number of carbonyl (C=O) groups is 1. The summed E-state index contributed by atoms with van der Waals surface area (Å²) in [7, 11) is -1.15. The summed E-state index contributed by atoms with van der Waals surface area (Å²) in [4.78, 5) is 14.1. The van der Waals surface area contributed by atoms with Gasteiger partial charge in [0.25, 0.3) is 0 Å². The number of benzene rings is 1. The first-order valence-electron chi connectivity index (χ1n) is 8.73. The molecule has 1 N–H and O–H groups in total. The first-order valence-corrected chi connectivity index (χ1v) is 10.6. The third kappa shape index (κ3) is 4.20.